The van der Waals surface area contributed by atoms with E-state index in [-0.39, 0.29) is 27.1 Å². The molecule has 2 aromatic rings. The second kappa shape index (κ2) is 7.30. The van der Waals surface area contributed by atoms with Crippen molar-refractivity contribution in [3.8, 4) is 5.75 Å². The average molecular weight is 477 g/mol. The van der Waals surface area contributed by atoms with Gasteiger partial charge in [0.15, 0.2) is 5.94 Å². The molecule has 4 nitrogen and oxygen atoms in total. The normalized spacial score (nSPS) is 35.4. The van der Waals surface area contributed by atoms with Gasteiger partial charge < -0.3 is 4.74 Å². The highest BCUT2D eigenvalue weighted by Crippen LogP contribution is 2.78. The molecule has 0 spiro atoms. The molecule has 2 fully saturated rings. The number of fused-ring (bicyclic) bond motifs is 3. The van der Waals surface area contributed by atoms with Crippen LogP contribution in [0.1, 0.15) is 63.0 Å². The van der Waals surface area contributed by atoms with Gasteiger partial charge in [0.1, 0.15) is 11.5 Å². The van der Waals surface area contributed by atoms with Gasteiger partial charge in [0.2, 0.25) is 9.84 Å². The van der Waals surface area contributed by atoms with Crippen molar-refractivity contribution >= 4 is 15.6 Å². The Balaban J connectivity index is 1.25. The van der Waals surface area contributed by atoms with Crippen LogP contribution >= 0.6 is 0 Å². The average Bonchev–Trinajstić information content (AvgIpc) is 3.27. The fourth-order valence-corrected chi connectivity index (χ4v) is 9.29. The lowest BCUT2D eigenvalue weighted by atomic mass is 9.46. The lowest BCUT2D eigenvalue weighted by Crippen LogP contribution is -2.51. The molecule has 0 saturated heterocycles. The smallest absolute Gasteiger partial charge is 0.213 e. The van der Waals surface area contributed by atoms with E-state index in [1.807, 2.05) is 6.07 Å². The second-order valence-electron chi connectivity index (χ2n) is 11.1. The molecule has 0 radical (unpaired) electrons. The van der Waals surface area contributed by atoms with Crippen LogP contribution in [-0.4, -0.2) is 20.1 Å². The summed E-state index contributed by atoms with van der Waals surface area (Å²) in [5.74, 6) is 1.65. The third-order valence-corrected chi connectivity index (χ3v) is 11.5. The van der Waals surface area contributed by atoms with Gasteiger partial charge in [-0.3, -0.25) is 4.79 Å². The topological polar surface area (TPSA) is 60.4 Å². The number of benzene rings is 2. The molecule has 5 atom stereocenters. The zero-order chi connectivity index (χ0) is 23.8. The molecule has 1 unspecified atom stereocenters. The highest BCUT2D eigenvalue weighted by Gasteiger charge is 2.72. The number of carbonyl (C=O) groups excluding carboxylic acids is 1. The van der Waals surface area contributed by atoms with Gasteiger partial charge in [0, 0.05) is 0 Å². The van der Waals surface area contributed by atoms with Crippen molar-refractivity contribution in [1.82, 2.24) is 0 Å². The van der Waals surface area contributed by atoms with Crippen molar-refractivity contribution in [1.29, 1.82) is 0 Å². The molecule has 2 bridgehead atoms. The van der Waals surface area contributed by atoms with Crippen LogP contribution in [-0.2, 0) is 21.1 Å². The molecule has 4 aliphatic rings. The SMILES string of the molecule is CC(=O)[C@@]12C=CC3(CC1)[C@@H]1CCc4cc(OCS(=O)(=O)c5ccccc5)ccc4[C@H]1CC[C@@]32C. The molecule has 2 aromatic carbocycles. The molecule has 5 heteroatoms. The second-order valence-corrected chi connectivity index (χ2v) is 13.0. The van der Waals surface area contributed by atoms with Crippen molar-refractivity contribution in [2.45, 2.75) is 63.2 Å². The summed E-state index contributed by atoms with van der Waals surface area (Å²) >= 11 is 0. The molecule has 34 heavy (non-hydrogen) atoms. The highest BCUT2D eigenvalue weighted by atomic mass is 32.2. The number of carbonyl (C=O) groups is 1. The van der Waals surface area contributed by atoms with Crippen LogP contribution in [0, 0.1) is 22.2 Å². The Bertz CT molecular complexity index is 1300. The molecular formula is C29H32O4S. The summed E-state index contributed by atoms with van der Waals surface area (Å²) in [6, 6.07) is 14.6. The van der Waals surface area contributed by atoms with E-state index in [1.165, 1.54) is 11.1 Å². The van der Waals surface area contributed by atoms with Crippen LogP contribution in [0.2, 0.25) is 0 Å². The zero-order valence-electron chi connectivity index (χ0n) is 19.9. The van der Waals surface area contributed by atoms with Crippen LogP contribution in [0.25, 0.3) is 0 Å². The van der Waals surface area contributed by atoms with E-state index in [2.05, 4.69) is 31.2 Å². The summed E-state index contributed by atoms with van der Waals surface area (Å²) in [5.41, 5.74) is 2.58. The minimum absolute atomic E-state index is 0.0410. The third-order valence-electron chi connectivity index (χ3n) is 10.1. The van der Waals surface area contributed by atoms with Crippen LogP contribution in [0.15, 0.2) is 65.6 Å². The van der Waals surface area contributed by atoms with E-state index in [0.717, 1.165) is 38.5 Å². The van der Waals surface area contributed by atoms with Crippen molar-refractivity contribution < 1.29 is 17.9 Å². The summed E-state index contributed by atoms with van der Waals surface area (Å²) in [4.78, 5) is 13.1. The van der Waals surface area contributed by atoms with Gasteiger partial charge in [0.05, 0.1) is 10.3 Å². The number of allylic oxidation sites excluding steroid dienone is 2. The summed E-state index contributed by atoms with van der Waals surface area (Å²) in [7, 11) is -3.49. The summed E-state index contributed by atoms with van der Waals surface area (Å²) in [6.45, 7) is 4.18. The van der Waals surface area contributed by atoms with Gasteiger partial charge in [-0.2, -0.15) is 0 Å². The molecule has 0 heterocycles. The number of hydrogen-bond acceptors (Lipinski definition) is 4. The first-order valence-electron chi connectivity index (χ1n) is 12.5. The van der Waals surface area contributed by atoms with E-state index < -0.39 is 9.84 Å². The maximum absolute atomic E-state index is 12.8. The first-order chi connectivity index (χ1) is 16.2. The fourth-order valence-electron chi connectivity index (χ4n) is 8.29. The maximum Gasteiger partial charge on any atom is 0.213 e. The standard InChI is InChI=1S/C29H32O4S/c1-20(30)28-14-16-29(17-15-28)26-11-8-21-18-22(9-10-24(21)25(26)12-13-27(28,29)2)33-19-34(31,32)23-6-4-3-5-7-23/h3-7,9-10,14,16,18,25-26H,8,11-13,15,17,19H2,1-2H3/t25-,26-,27-,28-,29?/m1/s1. The predicted molar refractivity (Wildman–Crippen MR) is 131 cm³/mol. The number of ether oxygens (including phenoxy) is 1. The van der Waals surface area contributed by atoms with Gasteiger partial charge in [-0.1, -0.05) is 43.3 Å². The molecule has 0 aliphatic heterocycles. The van der Waals surface area contributed by atoms with E-state index in [9.17, 15) is 13.2 Å². The van der Waals surface area contributed by atoms with Crippen molar-refractivity contribution in [2.24, 2.45) is 22.2 Å². The Hall–Kier alpha value is -2.40. The summed E-state index contributed by atoms with van der Waals surface area (Å²) in [5, 5.41) is 0. The van der Waals surface area contributed by atoms with Gasteiger partial charge in [0.25, 0.3) is 0 Å². The van der Waals surface area contributed by atoms with Crippen molar-refractivity contribution in [2.75, 3.05) is 5.94 Å². The zero-order valence-corrected chi connectivity index (χ0v) is 20.7. The monoisotopic (exact) mass is 476 g/mol. The van der Waals surface area contributed by atoms with Gasteiger partial charge in [-0.15, -0.1) is 0 Å². The van der Waals surface area contributed by atoms with Crippen LogP contribution < -0.4 is 4.74 Å². The molecule has 6 rings (SSSR count). The van der Waals surface area contributed by atoms with Gasteiger partial charge >= 0.3 is 0 Å². The molecular weight excluding hydrogens is 444 g/mol. The first kappa shape index (κ1) is 22.1. The Morgan fingerprint density at radius 3 is 2.53 bits per heavy atom. The lowest BCUT2D eigenvalue weighted by Gasteiger charge is -2.57. The Morgan fingerprint density at radius 1 is 1.03 bits per heavy atom. The first-order valence-corrected chi connectivity index (χ1v) is 14.1. The van der Waals surface area contributed by atoms with Crippen molar-refractivity contribution in [3.05, 3.63) is 71.8 Å². The molecule has 4 aliphatic carbocycles. The number of Topliss-reactive ketones (excluding diaryl/α,β-unsaturated/α-hetero) is 1. The lowest BCUT2D eigenvalue weighted by molar-refractivity contribution is -0.133. The molecule has 2 saturated carbocycles. The minimum Gasteiger partial charge on any atom is -0.477 e. The molecule has 0 amide bonds. The van der Waals surface area contributed by atoms with Crippen LogP contribution in [0.3, 0.4) is 0 Å². The summed E-state index contributed by atoms with van der Waals surface area (Å²) in [6.07, 6.45) is 11.1. The Kier molecular flexibility index (Phi) is 4.74. The Labute approximate surface area is 202 Å². The van der Waals surface area contributed by atoms with Crippen molar-refractivity contribution in [3.63, 3.8) is 0 Å². The maximum atomic E-state index is 12.8. The minimum atomic E-state index is -3.49. The van der Waals surface area contributed by atoms with E-state index in [4.69, 9.17) is 4.74 Å². The number of sulfone groups is 1. The fraction of sp³-hybridized carbons (Fsp3) is 0.483. The summed E-state index contributed by atoms with van der Waals surface area (Å²) < 4.78 is 31.0. The number of ketones is 1. The van der Waals surface area contributed by atoms with Crippen LogP contribution in [0.4, 0.5) is 0 Å². The number of aryl methyl sites for hydroxylation is 1. The Morgan fingerprint density at radius 2 is 1.82 bits per heavy atom. The van der Waals surface area contributed by atoms with Crippen LogP contribution in [0.5, 0.6) is 5.75 Å². The molecule has 0 aromatic heterocycles. The third kappa shape index (κ3) is 2.76. The van der Waals surface area contributed by atoms with Gasteiger partial charge in [-0.25, -0.2) is 8.42 Å². The highest BCUT2D eigenvalue weighted by molar-refractivity contribution is 7.91. The van der Waals surface area contributed by atoms with Gasteiger partial charge in [-0.05, 0) is 104 Å². The number of rotatable bonds is 5. The van der Waals surface area contributed by atoms with E-state index in [0.29, 0.717) is 23.4 Å². The number of hydrogen-bond donors (Lipinski definition) is 0. The van der Waals surface area contributed by atoms with E-state index in [1.54, 1.807) is 37.3 Å². The largest absolute Gasteiger partial charge is 0.477 e. The predicted octanol–water partition coefficient (Wildman–Crippen LogP) is 5.87. The molecule has 178 valence electrons. The quantitative estimate of drug-likeness (QED) is 0.507. The van der Waals surface area contributed by atoms with E-state index >= 15 is 0 Å². The molecule has 0 N–H and O–H groups in total.